The second-order valence-electron chi connectivity index (χ2n) is 7.43. The van der Waals surface area contributed by atoms with Gasteiger partial charge in [0.1, 0.15) is 23.4 Å². The summed E-state index contributed by atoms with van der Waals surface area (Å²) in [6, 6.07) is 5.21. The van der Waals surface area contributed by atoms with Gasteiger partial charge in [0.25, 0.3) is 0 Å². The fraction of sp³-hybridized carbons (Fsp3) is 0.389. The number of hydrogen-bond donors (Lipinski definition) is 1. The summed E-state index contributed by atoms with van der Waals surface area (Å²) in [5, 5.41) is 17.9. The van der Waals surface area contributed by atoms with Crippen molar-refractivity contribution >= 4 is 28.4 Å². The van der Waals surface area contributed by atoms with E-state index < -0.39 is 4.92 Å². The van der Waals surface area contributed by atoms with E-state index in [9.17, 15) is 14.9 Å². The highest BCUT2D eigenvalue weighted by molar-refractivity contribution is 5.92. The quantitative estimate of drug-likeness (QED) is 0.554. The Bertz CT molecular complexity index is 1040. The summed E-state index contributed by atoms with van der Waals surface area (Å²) in [6.07, 6.45) is 0. The summed E-state index contributed by atoms with van der Waals surface area (Å²) < 4.78 is 7.07. The molecule has 0 saturated carbocycles. The highest BCUT2D eigenvalue weighted by atomic mass is 16.6. The van der Waals surface area contributed by atoms with Gasteiger partial charge in [-0.1, -0.05) is 20.8 Å². The maximum atomic E-state index is 12.3. The topological polar surface area (TPSA) is 116 Å². The molecular formula is C18H21N5O4. The van der Waals surface area contributed by atoms with Crippen LogP contribution in [0.15, 0.2) is 22.6 Å². The first kappa shape index (κ1) is 18.6. The number of anilines is 1. The summed E-state index contributed by atoms with van der Waals surface area (Å²) in [7, 11) is 0. The van der Waals surface area contributed by atoms with Crippen molar-refractivity contribution in [3.05, 3.63) is 45.6 Å². The van der Waals surface area contributed by atoms with Crippen LogP contribution in [0.5, 0.6) is 0 Å². The van der Waals surface area contributed by atoms with Gasteiger partial charge in [-0.2, -0.15) is 5.10 Å². The lowest BCUT2D eigenvalue weighted by Gasteiger charge is -2.11. The van der Waals surface area contributed by atoms with Crippen LogP contribution in [0.1, 0.15) is 38.0 Å². The number of aromatic nitrogens is 3. The number of carbonyl (C=O) groups is 1. The Morgan fingerprint density at radius 1 is 1.33 bits per heavy atom. The van der Waals surface area contributed by atoms with Crippen LogP contribution < -0.4 is 5.32 Å². The molecule has 9 heteroatoms. The number of benzene rings is 1. The molecule has 3 aromatic rings. The SMILES string of the molecule is Cc1nn(CC(=O)Nc2ccc3oc(C(C)(C)C)nc3c2)c(C)c1[N+](=O)[O-]. The molecule has 0 unspecified atom stereocenters. The van der Waals surface area contributed by atoms with Crippen molar-refractivity contribution < 1.29 is 14.1 Å². The van der Waals surface area contributed by atoms with Crippen molar-refractivity contribution in [3.63, 3.8) is 0 Å². The standard InChI is InChI=1S/C18H21N5O4/c1-10-16(23(25)26)11(2)22(21-10)9-15(24)19-12-6-7-14-13(8-12)20-17(27-14)18(3,4)5/h6-8H,9H2,1-5H3,(H,19,24). The molecule has 0 bridgehead atoms. The van der Waals surface area contributed by atoms with E-state index in [1.165, 1.54) is 4.68 Å². The average molecular weight is 371 g/mol. The number of hydrogen-bond acceptors (Lipinski definition) is 6. The monoisotopic (exact) mass is 371 g/mol. The first-order valence-corrected chi connectivity index (χ1v) is 8.45. The van der Waals surface area contributed by atoms with Gasteiger partial charge in [0.05, 0.1) is 4.92 Å². The molecule has 0 aliphatic heterocycles. The Labute approximate surface area is 155 Å². The molecule has 1 amide bonds. The Balaban J connectivity index is 1.78. The lowest BCUT2D eigenvalue weighted by atomic mass is 9.97. The molecule has 0 fully saturated rings. The summed E-state index contributed by atoms with van der Waals surface area (Å²) in [5.41, 5.74) is 2.20. The van der Waals surface area contributed by atoms with Crippen LogP contribution in [0, 0.1) is 24.0 Å². The molecule has 3 rings (SSSR count). The van der Waals surface area contributed by atoms with Gasteiger partial charge in [0.2, 0.25) is 11.8 Å². The number of nitrogens with zero attached hydrogens (tertiary/aromatic N) is 4. The molecule has 0 atom stereocenters. The van der Waals surface area contributed by atoms with Crippen molar-refractivity contribution in [2.24, 2.45) is 0 Å². The molecule has 2 heterocycles. The smallest absolute Gasteiger partial charge is 0.312 e. The molecule has 9 nitrogen and oxygen atoms in total. The maximum Gasteiger partial charge on any atom is 0.312 e. The van der Waals surface area contributed by atoms with Crippen molar-refractivity contribution in [3.8, 4) is 0 Å². The van der Waals surface area contributed by atoms with Crippen LogP contribution in [-0.4, -0.2) is 25.6 Å². The van der Waals surface area contributed by atoms with Gasteiger partial charge in [0, 0.05) is 11.1 Å². The van der Waals surface area contributed by atoms with Gasteiger partial charge in [-0.3, -0.25) is 19.6 Å². The molecule has 0 saturated heterocycles. The third-order valence-corrected chi connectivity index (χ3v) is 4.13. The first-order chi connectivity index (χ1) is 12.6. The Morgan fingerprint density at radius 3 is 2.63 bits per heavy atom. The molecule has 1 N–H and O–H groups in total. The van der Waals surface area contributed by atoms with Crippen LogP contribution >= 0.6 is 0 Å². The normalized spacial score (nSPS) is 11.7. The molecule has 0 aliphatic carbocycles. The van der Waals surface area contributed by atoms with E-state index >= 15 is 0 Å². The van der Waals surface area contributed by atoms with Crippen LogP contribution in [0.4, 0.5) is 11.4 Å². The Morgan fingerprint density at radius 2 is 2.04 bits per heavy atom. The molecule has 142 valence electrons. The van der Waals surface area contributed by atoms with Crippen LogP contribution in [0.25, 0.3) is 11.1 Å². The molecule has 0 radical (unpaired) electrons. The average Bonchev–Trinajstić information content (AvgIpc) is 3.08. The first-order valence-electron chi connectivity index (χ1n) is 8.45. The van der Waals surface area contributed by atoms with E-state index in [2.05, 4.69) is 15.4 Å². The molecule has 0 spiro atoms. The Hall–Kier alpha value is -3.23. The minimum atomic E-state index is -0.489. The summed E-state index contributed by atoms with van der Waals surface area (Å²) >= 11 is 0. The zero-order chi connectivity index (χ0) is 19.9. The van der Waals surface area contributed by atoms with E-state index in [0.29, 0.717) is 28.4 Å². The number of carbonyl (C=O) groups excluding carboxylic acids is 1. The number of aryl methyl sites for hydroxylation is 1. The predicted molar refractivity (Wildman–Crippen MR) is 99.7 cm³/mol. The highest BCUT2D eigenvalue weighted by Gasteiger charge is 2.23. The minimum Gasteiger partial charge on any atom is -0.440 e. The van der Waals surface area contributed by atoms with Gasteiger partial charge in [-0.15, -0.1) is 0 Å². The third-order valence-electron chi connectivity index (χ3n) is 4.13. The predicted octanol–water partition coefficient (Wildman–Crippen LogP) is 3.49. The lowest BCUT2D eigenvalue weighted by Crippen LogP contribution is -2.20. The highest BCUT2D eigenvalue weighted by Crippen LogP contribution is 2.27. The second-order valence-corrected chi connectivity index (χ2v) is 7.43. The van der Waals surface area contributed by atoms with Gasteiger partial charge >= 0.3 is 5.69 Å². The number of amides is 1. The van der Waals surface area contributed by atoms with Crippen molar-refractivity contribution in [2.45, 2.75) is 46.6 Å². The van der Waals surface area contributed by atoms with Gasteiger partial charge < -0.3 is 9.73 Å². The second kappa shape index (κ2) is 6.49. The lowest BCUT2D eigenvalue weighted by molar-refractivity contribution is -0.386. The number of nitrogens with one attached hydrogen (secondary N) is 1. The molecule has 0 aliphatic rings. The number of rotatable bonds is 4. The van der Waals surface area contributed by atoms with E-state index in [1.54, 1.807) is 32.0 Å². The van der Waals surface area contributed by atoms with Gasteiger partial charge in [0.15, 0.2) is 5.58 Å². The van der Waals surface area contributed by atoms with Gasteiger partial charge in [-0.25, -0.2) is 4.98 Å². The van der Waals surface area contributed by atoms with E-state index in [-0.39, 0.29) is 29.2 Å². The van der Waals surface area contributed by atoms with Crippen LogP contribution in [0.2, 0.25) is 0 Å². The zero-order valence-electron chi connectivity index (χ0n) is 15.9. The number of fused-ring (bicyclic) bond motifs is 1. The molecule has 27 heavy (non-hydrogen) atoms. The summed E-state index contributed by atoms with van der Waals surface area (Å²) in [6.45, 7) is 9.02. The summed E-state index contributed by atoms with van der Waals surface area (Å²) in [4.78, 5) is 27.4. The molecular weight excluding hydrogens is 350 g/mol. The van der Waals surface area contributed by atoms with Crippen molar-refractivity contribution in [1.82, 2.24) is 14.8 Å². The Kier molecular flexibility index (Phi) is 4.46. The summed E-state index contributed by atoms with van der Waals surface area (Å²) in [5.74, 6) is 0.283. The third kappa shape index (κ3) is 3.67. The van der Waals surface area contributed by atoms with Crippen molar-refractivity contribution in [2.75, 3.05) is 5.32 Å². The fourth-order valence-electron chi connectivity index (χ4n) is 2.77. The number of nitro groups is 1. The minimum absolute atomic E-state index is 0.0680. The maximum absolute atomic E-state index is 12.3. The molecule has 2 aromatic heterocycles. The van der Waals surface area contributed by atoms with Crippen molar-refractivity contribution in [1.29, 1.82) is 0 Å². The van der Waals surface area contributed by atoms with E-state index in [0.717, 1.165) is 0 Å². The molecule has 1 aromatic carbocycles. The van der Waals surface area contributed by atoms with E-state index in [1.807, 2.05) is 20.8 Å². The fourth-order valence-corrected chi connectivity index (χ4v) is 2.77. The largest absolute Gasteiger partial charge is 0.440 e. The van der Waals surface area contributed by atoms with E-state index in [4.69, 9.17) is 4.42 Å². The van der Waals surface area contributed by atoms with Gasteiger partial charge in [-0.05, 0) is 32.0 Å². The zero-order valence-corrected chi connectivity index (χ0v) is 15.9. The number of oxazole rings is 1. The van der Waals surface area contributed by atoms with Crippen LogP contribution in [-0.2, 0) is 16.8 Å². The van der Waals surface area contributed by atoms with Crippen LogP contribution in [0.3, 0.4) is 0 Å².